The predicted octanol–water partition coefficient (Wildman–Crippen LogP) is 1.27. The van der Waals surface area contributed by atoms with Crippen LogP contribution < -0.4 is 5.32 Å². The number of hydrogen-bond acceptors (Lipinski definition) is 4. The highest BCUT2D eigenvalue weighted by Crippen LogP contribution is 2.08. The molecule has 0 spiro atoms. The molecule has 0 aromatic heterocycles. The Morgan fingerprint density at radius 1 is 1.42 bits per heavy atom. The third-order valence-corrected chi connectivity index (χ3v) is 3.59. The Bertz CT molecular complexity index is 223. The van der Waals surface area contributed by atoms with Gasteiger partial charge in [-0.25, -0.2) is 0 Å². The SMILES string of the molecule is CCNCC[C@@H]1CN(CCN(C)CC(C)C)CCO1. The number of nitrogens with zero attached hydrogens (tertiary/aromatic N) is 2. The number of rotatable bonds is 9. The first-order valence-corrected chi connectivity index (χ1v) is 7.85. The van der Waals surface area contributed by atoms with Crippen molar-refractivity contribution in [3.8, 4) is 0 Å². The van der Waals surface area contributed by atoms with Gasteiger partial charge < -0.3 is 15.0 Å². The van der Waals surface area contributed by atoms with Crippen LogP contribution in [-0.4, -0.2) is 75.4 Å². The lowest BCUT2D eigenvalue weighted by Crippen LogP contribution is -2.46. The van der Waals surface area contributed by atoms with Crippen molar-refractivity contribution in [3.05, 3.63) is 0 Å². The van der Waals surface area contributed by atoms with Crippen molar-refractivity contribution >= 4 is 0 Å². The number of nitrogens with one attached hydrogen (secondary N) is 1. The highest BCUT2D eigenvalue weighted by molar-refractivity contribution is 4.73. The molecule has 114 valence electrons. The van der Waals surface area contributed by atoms with E-state index in [4.69, 9.17) is 4.74 Å². The van der Waals surface area contributed by atoms with Gasteiger partial charge in [0.2, 0.25) is 0 Å². The first kappa shape index (κ1) is 16.9. The van der Waals surface area contributed by atoms with Gasteiger partial charge in [-0.3, -0.25) is 4.90 Å². The van der Waals surface area contributed by atoms with Gasteiger partial charge in [0.15, 0.2) is 0 Å². The van der Waals surface area contributed by atoms with Crippen LogP contribution in [0.1, 0.15) is 27.2 Å². The fourth-order valence-corrected chi connectivity index (χ4v) is 2.62. The molecule has 0 saturated carbocycles. The van der Waals surface area contributed by atoms with E-state index in [9.17, 15) is 0 Å². The smallest absolute Gasteiger partial charge is 0.0714 e. The molecular weight excluding hydrogens is 238 g/mol. The van der Waals surface area contributed by atoms with E-state index in [0.717, 1.165) is 51.7 Å². The summed E-state index contributed by atoms with van der Waals surface area (Å²) >= 11 is 0. The maximum absolute atomic E-state index is 5.83. The third kappa shape index (κ3) is 7.88. The molecule has 0 aromatic rings. The fraction of sp³-hybridized carbons (Fsp3) is 1.00. The Labute approximate surface area is 119 Å². The molecule has 0 bridgehead atoms. The monoisotopic (exact) mass is 271 g/mol. The summed E-state index contributed by atoms with van der Waals surface area (Å²) in [5.41, 5.74) is 0. The van der Waals surface area contributed by atoms with Crippen LogP contribution in [0.3, 0.4) is 0 Å². The van der Waals surface area contributed by atoms with Crippen LogP contribution in [0.15, 0.2) is 0 Å². The van der Waals surface area contributed by atoms with Crippen molar-refractivity contribution in [3.63, 3.8) is 0 Å². The largest absolute Gasteiger partial charge is 0.376 e. The lowest BCUT2D eigenvalue weighted by Gasteiger charge is -2.34. The maximum atomic E-state index is 5.83. The van der Waals surface area contributed by atoms with Crippen LogP contribution in [0.25, 0.3) is 0 Å². The van der Waals surface area contributed by atoms with E-state index in [1.807, 2.05) is 0 Å². The highest BCUT2D eigenvalue weighted by atomic mass is 16.5. The summed E-state index contributed by atoms with van der Waals surface area (Å²) < 4.78 is 5.83. The first-order chi connectivity index (χ1) is 9.11. The van der Waals surface area contributed by atoms with E-state index in [0.29, 0.717) is 6.10 Å². The van der Waals surface area contributed by atoms with Crippen LogP contribution in [-0.2, 0) is 4.74 Å². The summed E-state index contributed by atoms with van der Waals surface area (Å²) in [6.45, 7) is 15.4. The van der Waals surface area contributed by atoms with Gasteiger partial charge in [0, 0.05) is 32.7 Å². The zero-order valence-corrected chi connectivity index (χ0v) is 13.3. The Hall–Kier alpha value is -0.160. The zero-order chi connectivity index (χ0) is 14.1. The van der Waals surface area contributed by atoms with Crippen molar-refractivity contribution in [1.82, 2.24) is 15.1 Å². The first-order valence-electron chi connectivity index (χ1n) is 7.85. The van der Waals surface area contributed by atoms with Crippen molar-refractivity contribution in [1.29, 1.82) is 0 Å². The van der Waals surface area contributed by atoms with Gasteiger partial charge in [-0.1, -0.05) is 20.8 Å². The van der Waals surface area contributed by atoms with Gasteiger partial charge >= 0.3 is 0 Å². The highest BCUT2D eigenvalue weighted by Gasteiger charge is 2.19. The molecule has 1 fully saturated rings. The Kier molecular flexibility index (Phi) is 8.62. The molecule has 0 aromatic carbocycles. The van der Waals surface area contributed by atoms with Gasteiger partial charge in [-0.2, -0.15) is 0 Å². The minimum atomic E-state index is 0.420. The van der Waals surface area contributed by atoms with Crippen LogP contribution >= 0.6 is 0 Å². The third-order valence-electron chi connectivity index (χ3n) is 3.59. The second-order valence-corrected chi connectivity index (χ2v) is 6.09. The summed E-state index contributed by atoms with van der Waals surface area (Å²) in [5, 5.41) is 3.38. The molecule has 1 atom stereocenters. The Balaban J connectivity index is 2.15. The van der Waals surface area contributed by atoms with Crippen LogP contribution in [0.2, 0.25) is 0 Å². The molecule has 1 saturated heterocycles. The number of likely N-dealkylation sites (N-methyl/N-ethyl adjacent to an activating group) is 1. The molecule has 0 aliphatic carbocycles. The molecule has 0 amide bonds. The lowest BCUT2D eigenvalue weighted by molar-refractivity contribution is -0.0332. The molecule has 0 radical (unpaired) electrons. The molecule has 1 N–H and O–H groups in total. The van der Waals surface area contributed by atoms with Crippen LogP contribution in [0, 0.1) is 5.92 Å². The topological polar surface area (TPSA) is 27.7 Å². The Morgan fingerprint density at radius 3 is 2.89 bits per heavy atom. The van der Waals surface area contributed by atoms with Crippen LogP contribution in [0.5, 0.6) is 0 Å². The average molecular weight is 271 g/mol. The summed E-state index contributed by atoms with van der Waals surface area (Å²) in [5.74, 6) is 0.752. The van der Waals surface area contributed by atoms with E-state index in [2.05, 4.69) is 42.9 Å². The fourth-order valence-electron chi connectivity index (χ4n) is 2.62. The number of hydrogen-bond donors (Lipinski definition) is 1. The van der Waals surface area contributed by atoms with Crippen molar-refractivity contribution in [2.24, 2.45) is 5.92 Å². The minimum absolute atomic E-state index is 0.420. The maximum Gasteiger partial charge on any atom is 0.0714 e. The molecule has 1 heterocycles. The van der Waals surface area contributed by atoms with Crippen LogP contribution in [0.4, 0.5) is 0 Å². The van der Waals surface area contributed by atoms with E-state index in [-0.39, 0.29) is 0 Å². The minimum Gasteiger partial charge on any atom is -0.376 e. The summed E-state index contributed by atoms with van der Waals surface area (Å²) in [6, 6.07) is 0. The second-order valence-electron chi connectivity index (χ2n) is 6.09. The summed E-state index contributed by atoms with van der Waals surface area (Å²) in [6.07, 6.45) is 1.55. The summed E-state index contributed by atoms with van der Waals surface area (Å²) in [7, 11) is 2.23. The van der Waals surface area contributed by atoms with Gasteiger partial charge in [0.25, 0.3) is 0 Å². The zero-order valence-electron chi connectivity index (χ0n) is 13.3. The molecule has 19 heavy (non-hydrogen) atoms. The van der Waals surface area contributed by atoms with Gasteiger partial charge in [-0.15, -0.1) is 0 Å². The van der Waals surface area contributed by atoms with Crippen molar-refractivity contribution in [2.75, 3.05) is 59.5 Å². The normalized spacial score (nSPS) is 21.5. The summed E-state index contributed by atoms with van der Waals surface area (Å²) in [4.78, 5) is 4.99. The van der Waals surface area contributed by atoms with E-state index in [1.165, 1.54) is 13.1 Å². The van der Waals surface area contributed by atoms with E-state index < -0.39 is 0 Å². The molecule has 0 unspecified atom stereocenters. The lowest BCUT2D eigenvalue weighted by atomic mass is 10.2. The molecule has 1 aliphatic heterocycles. The molecule has 4 heteroatoms. The standard InChI is InChI=1S/C15H33N3O/c1-5-16-7-6-15-13-18(10-11-19-15)9-8-17(4)12-14(2)3/h14-16H,5-13H2,1-4H3/t15-/m1/s1. The van der Waals surface area contributed by atoms with Crippen molar-refractivity contribution < 1.29 is 4.74 Å². The molecule has 1 rings (SSSR count). The second kappa shape index (κ2) is 9.70. The van der Waals surface area contributed by atoms with Crippen molar-refractivity contribution in [2.45, 2.75) is 33.3 Å². The van der Waals surface area contributed by atoms with E-state index >= 15 is 0 Å². The quantitative estimate of drug-likeness (QED) is 0.639. The molecular formula is C15H33N3O. The van der Waals surface area contributed by atoms with Gasteiger partial charge in [-0.05, 0) is 32.5 Å². The molecule has 4 nitrogen and oxygen atoms in total. The average Bonchev–Trinajstić information content (AvgIpc) is 2.36. The van der Waals surface area contributed by atoms with Gasteiger partial charge in [0.05, 0.1) is 12.7 Å². The number of ether oxygens (including phenoxy) is 1. The predicted molar refractivity (Wildman–Crippen MR) is 81.7 cm³/mol. The van der Waals surface area contributed by atoms with Gasteiger partial charge in [0.1, 0.15) is 0 Å². The number of morpholine rings is 1. The molecule has 1 aliphatic rings. The Morgan fingerprint density at radius 2 is 2.21 bits per heavy atom. The van der Waals surface area contributed by atoms with E-state index in [1.54, 1.807) is 0 Å².